The lowest BCUT2D eigenvalue weighted by molar-refractivity contribution is -0.120. The highest BCUT2D eigenvalue weighted by molar-refractivity contribution is 6.31. The molecule has 1 unspecified atom stereocenters. The average molecular weight is 414 g/mol. The van der Waals surface area contributed by atoms with Gasteiger partial charge in [-0.3, -0.25) is 14.4 Å². The van der Waals surface area contributed by atoms with Gasteiger partial charge in [-0.2, -0.15) is 0 Å². The number of rotatable bonds is 3. The molecule has 1 atom stereocenters. The smallest absolute Gasteiger partial charge is 0.240 e. The van der Waals surface area contributed by atoms with Crippen LogP contribution in [0.5, 0.6) is 0 Å². The zero-order chi connectivity index (χ0) is 21.9. The van der Waals surface area contributed by atoms with Crippen LogP contribution in [-0.2, 0) is 10.2 Å². The molecule has 1 heterocycles. The Morgan fingerprint density at radius 2 is 1.48 bits per heavy atom. The van der Waals surface area contributed by atoms with Crippen LogP contribution in [0.4, 0.5) is 15.8 Å². The predicted octanol–water partition coefficient (Wildman–Crippen LogP) is 3.83. The lowest BCUT2D eigenvalue weighted by Gasteiger charge is -2.32. The van der Waals surface area contributed by atoms with Gasteiger partial charge in [0.15, 0.2) is 11.6 Å². The molecule has 5 nitrogen and oxygen atoms in total. The summed E-state index contributed by atoms with van der Waals surface area (Å²) in [5.74, 6) is -3.21. The van der Waals surface area contributed by atoms with Crippen LogP contribution < -0.4 is 10.2 Å². The van der Waals surface area contributed by atoms with Crippen molar-refractivity contribution in [2.45, 2.75) is 5.41 Å². The second-order valence-electron chi connectivity index (χ2n) is 8.10. The first-order chi connectivity index (χ1) is 14.9. The molecular weight excluding hydrogens is 395 g/mol. The number of halogens is 1. The summed E-state index contributed by atoms with van der Waals surface area (Å²) in [7, 11) is 3.77. The number of nitrogens with one attached hydrogen (secondary N) is 1. The Hall–Kier alpha value is -3.80. The van der Waals surface area contributed by atoms with Crippen molar-refractivity contribution >= 4 is 28.8 Å². The number of ketones is 2. The van der Waals surface area contributed by atoms with E-state index in [-0.39, 0.29) is 0 Å². The summed E-state index contributed by atoms with van der Waals surface area (Å²) in [5, 5.41) is 2.78. The molecule has 3 aromatic carbocycles. The fourth-order valence-electron chi connectivity index (χ4n) is 4.79. The zero-order valence-electron chi connectivity index (χ0n) is 17.0. The molecule has 0 saturated carbocycles. The molecule has 6 heteroatoms. The first-order valence-corrected chi connectivity index (χ1v) is 9.92. The second-order valence-corrected chi connectivity index (χ2v) is 8.10. The van der Waals surface area contributed by atoms with E-state index < -0.39 is 34.6 Å². The Kier molecular flexibility index (Phi) is 4.09. The number of nitrogens with zero attached hydrogens (tertiary/aromatic N) is 1. The van der Waals surface area contributed by atoms with Crippen LogP contribution >= 0.6 is 0 Å². The van der Waals surface area contributed by atoms with Gasteiger partial charge in [0.2, 0.25) is 5.91 Å². The van der Waals surface area contributed by atoms with E-state index in [0.717, 1.165) is 5.69 Å². The van der Waals surface area contributed by atoms with E-state index in [1.165, 1.54) is 18.2 Å². The lowest BCUT2D eigenvalue weighted by atomic mass is 9.64. The monoisotopic (exact) mass is 414 g/mol. The van der Waals surface area contributed by atoms with Gasteiger partial charge in [-0.1, -0.05) is 36.4 Å². The third-order valence-corrected chi connectivity index (χ3v) is 6.27. The van der Waals surface area contributed by atoms with E-state index in [1.54, 1.807) is 36.4 Å². The summed E-state index contributed by atoms with van der Waals surface area (Å²) < 4.78 is 14.3. The number of amides is 1. The number of Topliss-reactive ketones (excluding diaryl/α,β-unsaturated/α-hetero) is 2. The first-order valence-electron chi connectivity index (χ1n) is 9.92. The Balaban J connectivity index is 1.81. The van der Waals surface area contributed by atoms with Gasteiger partial charge >= 0.3 is 0 Å². The molecular formula is C25H19FN2O3. The van der Waals surface area contributed by atoms with Crippen molar-refractivity contribution in [1.29, 1.82) is 0 Å². The number of carbonyl (C=O) groups excluding carboxylic acids is 3. The molecule has 0 spiro atoms. The van der Waals surface area contributed by atoms with Gasteiger partial charge in [-0.05, 0) is 41.5 Å². The minimum Gasteiger partial charge on any atom is -0.378 e. The number of benzene rings is 3. The molecule has 0 saturated heterocycles. The average Bonchev–Trinajstić information content (AvgIpc) is 3.19. The van der Waals surface area contributed by atoms with Gasteiger partial charge in [-0.25, -0.2) is 4.39 Å². The summed E-state index contributed by atoms with van der Waals surface area (Å²) in [6.07, 6.45) is 0. The van der Waals surface area contributed by atoms with E-state index in [2.05, 4.69) is 5.32 Å². The molecule has 1 aliphatic heterocycles. The Labute approximate surface area is 178 Å². The Bertz CT molecular complexity index is 1230. The number of hydrogen-bond donors (Lipinski definition) is 1. The van der Waals surface area contributed by atoms with Crippen molar-refractivity contribution in [2.24, 2.45) is 5.92 Å². The summed E-state index contributed by atoms with van der Waals surface area (Å²) in [6.45, 7) is 0. The predicted molar refractivity (Wildman–Crippen MR) is 115 cm³/mol. The van der Waals surface area contributed by atoms with E-state index in [1.807, 2.05) is 31.1 Å². The van der Waals surface area contributed by atoms with Gasteiger partial charge in [-0.15, -0.1) is 0 Å². The minimum absolute atomic E-state index is 0.291. The molecule has 31 heavy (non-hydrogen) atoms. The van der Waals surface area contributed by atoms with Crippen LogP contribution in [0.2, 0.25) is 0 Å². The quantitative estimate of drug-likeness (QED) is 0.662. The maximum absolute atomic E-state index is 14.3. The molecule has 1 N–H and O–H groups in total. The van der Waals surface area contributed by atoms with Gasteiger partial charge in [0.05, 0.1) is 0 Å². The van der Waals surface area contributed by atoms with Crippen LogP contribution in [-0.4, -0.2) is 31.6 Å². The molecule has 154 valence electrons. The fraction of sp³-hybridized carbons (Fsp3) is 0.160. The van der Waals surface area contributed by atoms with Gasteiger partial charge in [0.1, 0.15) is 17.2 Å². The standard InChI is InChI=1S/C25H19FN2O3/c1-28(2)16-10-7-14(8-11-16)25(19-13-15(26)9-12-20(19)27-24(25)31)21-22(29)17-5-3-4-6-18(17)23(21)30/h3-13,21H,1-2H3,(H,27,31). The zero-order valence-corrected chi connectivity index (χ0v) is 17.0. The molecule has 0 aromatic heterocycles. The van der Waals surface area contributed by atoms with Crippen molar-refractivity contribution in [3.05, 3.63) is 94.8 Å². The summed E-state index contributed by atoms with van der Waals surface area (Å²) >= 11 is 0. The van der Waals surface area contributed by atoms with Crippen LogP contribution in [0.1, 0.15) is 31.8 Å². The van der Waals surface area contributed by atoms with E-state index in [4.69, 9.17) is 0 Å². The number of fused-ring (bicyclic) bond motifs is 2. The van der Waals surface area contributed by atoms with Crippen LogP contribution in [0.3, 0.4) is 0 Å². The maximum atomic E-state index is 14.3. The SMILES string of the molecule is CN(C)c1ccc(C2(C3C(=O)c4ccccc4C3=O)C(=O)Nc3ccc(F)cc32)cc1. The third-order valence-electron chi connectivity index (χ3n) is 6.27. The van der Waals surface area contributed by atoms with Crippen molar-refractivity contribution in [1.82, 2.24) is 0 Å². The summed E-state index contributed by atoms with van der Waals surface area (Å²) in [5.41, 5.74) is 0.992. The van der Waals surface area contributed by atoms with Crippen LogP contribution in [0, 0.1) is 11.7 Å². The molecule has 3 aromatic rings. The molecule has 0 radical (unpaired) electrons. The summed E-state index contributed by atoms with van der Waals surface area (Å²) in [4.78, 5) is 42.4. The molecule has 1 aliphatic carbocycles. The molecule has 0 bridgehead atoms. The highest BCUT2D eigenvalue weighted by atomic mass is 19.1. The van der Waals surface area contributed by atoms with Gasteiger partial charge < -0.3 is 10.2 Å². The highest BCUT2D eigenvalue weighted by Gasteiger charge is 2.61. The highest BCUT2D eigenvalue weighted by Crippen LogP contribution is 2.52. The molecule has 2 aliphatic rings. The molecule has 0 fully saturated rings. The van der Waals surface area contributed by atoms with Crippen molar-refractivity contribution in [3.8, 4) is 0 Å². The normalized spacial score (nSPS) is 19.9. The second kappa shape index (κ2) is 6.60. The largest absolute Gasteiger partial charge is 0.378 e. The van der Waals surface area contributed by atoms with E-state index >= 15 is 0 Å². The van der Waals surface area contributed by atoms with E-state index in [9.17, 15) is 18.8 Å². The van der Waals surface area contributed by atoms with Gasteiger partial charge in [0, 0.05) is 36.6 Å². The number of anilines is 2. The number of hydrogen-bond acceptors (Lipinski definition) is 4. The minimum atomic E-state index is -1.66. The van der Waals surface area contributed by atoms with E-state index in [0.29, 0.717) is 27.9 Å². The Morgan fingerprint density at radius 3 is 2.06 bits per heavy atom. The van der Waals surface area contributed by atoms with Gasteiger partial charge in [0.25, 0.3) is 0 Å². The van der Waals surface area contributed by atoms with Crippen LogP contribution in [0.15, 0.2) is 66.7 Å². The van der Waals surface area contributed by atoms with Crippen molar-refractivity contribution in [2.75, 3.05) is 24.3 Å². The lowest BCUT2D eigenvalue weighted by Crippen LogP contribution is -2.47. The fourth-order valence-corrected chi connectivity index (χ4v) is 4.79. The number of carbonyl (C=O) groups is 3. The summed E-state index contributed by atoms with van der Waals surface area (Å²) in [6, 6.07) is 17.6. The maximum Gasteiger partial charge on any atom is 0.240 e. The first kappa shape index (κ1) is 19.2. The van der Waals surface area contributed by atoms with Crippen molar-refractivity contribution < 1.29 is 18.8 Å². The molecule has 5 rings (SSSR count). The Morgan fingerprint density at radius 1 is 0.871 bits per heavy atom. The topological polar surface area (TPSA) is 66.5 Å². The third kappa shape index (κ3) is 2.51. The van der Waals surface area contributed by atoms with Crippen molar-refractivity contribution in [3.63, 3.8) is 0 Å². The van der Waals surface area contributed by atoms with Crippen LogP contribution in [0.25, 0.3) is 0 Å². The molecule has 1 amide bonds.